The number of likely N-dealkylation sites (N-methyl/N-ethyl adjacent to an activating group) is 1. The third-order valence-electron chi connectivity index (χ3n) is 6.31. The van der Waals surface area contributed by atoms with Gasteiger partial charge in [0.2, 0.25) is 5.91 Å². The summed E-state index contributed by atoms with van der Waals surface area (Å²) in [6.07, 6.45) is 5.17. The first-order valence-electron chi connectivity index (χ1n) is 11.2. The van der Waals surface area contributed by atoms with Gasteiger partial charge in [0, 0.05) is 57.2 Å². The number of benzene rings is 1. The fraction of sp³-hybridized carbons (Fsp3) is 0.542. The molecule has 1 aromatic carbocycles. The molecule has 1 atom stereocenters. The van der Waals surface area contributed by atoms with Crippen LogP contribution in [0, 0.1) is 0 Å². The summed E-state index contributed by atoms with van der Waals surface area (Å²) in [6, 6.07) is 7.73. The molecule has 0 aliphatic carbocycles. The summed E-state index contributed by atoms with van der Waals surface area (Å²) in [5, 5.41) is 0.713. The van der Waals surface area contributed by atoms with Gasteiger partial charge < -0.3 is 14.7 Å². The molecule has 0 saturated carbocycles. The van der Waals surface area contributed by atoms with E-state index < -0.39 is 0 Å². The molecule has 0 spiro atoms. The molecule has 6 nitrogen and oxygen atoms in total. The van der Waals surface area contributed by atoms with Gasteiger partial charge >= 0.3 is 0 Å². The molecule has 0 bridgehead atoms. The number of piperidine rings is 1. The van der Waals surface area contributed by atoms with E-state index in [1.165, 1.54) is 5.56 Å². The summed E-state index contributed by atoms with van der Waals surface area (Å²) >= 11 is 6.10. The highest BCUT2D eigenvalue weighted by atomic mass is 35.5. The van der Waals surface area contributed by atoms with Crippen LogP contribution in [0.3, 0.4) is 0 Å². The predicted octanol–water partition coefficient (Wildman–Crippen LogP) is 3.87. The maximum absolute atomic E-state index is 13.2. The maximum atomic E-state index is 13.2. The van der Waals surface area contributed by atoms with Crippen molar-refractivity contribution in [1.82, 2.24) is 19.8 Å². The molecule has 1 aromatic heterocycles. The zero-order valence-corrected chi connectivity index (χ0v) is 19.5. The van der Waals surface area contributed by atoms with E-state index >= 15 is 0 Å². The van der Waals surface area contributed by atoms with Crippen molar-refractivity contribution >= 4 is 23.3 Å². The lowest BCUT2D eigenvalue weighted by atomic mass is 9.99. The molecule has 2 aliphatic rings. The second kappa shape index (κ2) is 9.53. The number of rotatable bonds is 5. The molecule has 1 fully saturated rings. The number of hydrogen-bond acceptors (Lipinski definition) is 5. The van der Waals surface area contributed by atoms with Gasteiger partial charge in [0.1, 0.15) is 5.82 Å². The highest BCUT2D eigenvalue weighted by Gasteiger charge is 2.32. The minimum atomic E-state index is -0.0377. The Morgan fingerprint density at radius 2 is 2.06 bits per heavy atom. The van der Waals surface area contributed by atoms with E-state index in [-0.39, 0.29) is 11.9 Å². The smallest absolute Gasteiger partial charge is 0.223 e. The van der Waals surface area contributed by atoms with E-state index in [1.54, 1.807) is 0 Å². The number of hydrogen-bond donors (Lipinski definition) is 0. The number of fused-ring (bicyclic) bond motifs is 1. The molecule has 0 unspecified atom stereocenters. The summed E-state index contributed by atoms with van der Waals surface area (Å²) < 4.78 is 0. The number of carbonyl (C=O) groups excluding carboxylic acids is 1. The Labute approximate surface area is 190 Å². The summed E-state index contributed by atoms with van der Waals surface area (Å²) in [6.45, 7) is 2.65. The molecule has 0 radical (unpaired) electrons. The molecule has 1 saturated heterocycles. The quantitative estimate of drug-likeness (QED) is 0.705. The largest absolute Gasteiger partial charge is 0.362 e. The highest BCUT2D eigenvalue weighted by molar-refractivity contribution is 6.30. The summed E-state index contributed by atoms with van der Waals surface area (Å²) in [5.74, 6) is 1.98. The first kappa shape index (κ1) is 22.0. The summed E-state index contributed by atoms with van der Waals surface area (Å²) in [7, 11) is 6.21. The van der Waals surface area contributed by atoms with Gasteiger partial charge in [0.05, 0.1) is 11.7 Å². The van der Waals surface area contributed by atoms with Crippen LogP contribution in [0.5, 0.6) is 0 Å². The lowest BCUT2D eigenvalue weighted by molar-refractivity contribution is -0.135. The maximum Gasteiger partial charge on any atom is 0.223 e. The first-order chi connectivity index (χ1) is 14.9. The van der Waals surface area contributed by atoms with Crippen LogP contribution in [-0.4, -0.2) is 59.9 Å². The van der Waals surface area contributed by atoms with Crippen molar-refractivity contribution in [1.29, 1.82) is 0 Å². The lowest BCUT2D eigenvalue weighted by Crippen LogP contribution is -2.40. The van der Waals surface area contributed by atoms with Crippen molar-refractivity contribution in [2.75, 3.05) is 39.1 Å². The number of halogens is 1. The highest BCUT2D eigenvalue weighted by Crippen LogP contribution is 2.33. The van der Waals surface area contributed by atoms with Crippen molar-refractivity contribution in [2.45, 2.75) is 51.1 Å². The topological polar surface area (TPSA) is 52.6 Å². The van der Waals surface area contributed by atoms with Crippen molar-refractivity contribution in [3.8, 4) is 0 Å². The molecule has 1 amide bonds. The van der Waals surface area contributed by atoms with Crippen LogP contribution in [0.4, 0.5) is 5.82 Å². The van der Waals surface area contributed by atoms with Gasteiger partial charge in [0.15, 0.2) is 5.82 Å². The van der Waals surface area contributed by atoms with Gasteiger partial charge in [-0.3, -0.25) is 4.79 Å². The lowest BCUT2D eigenvalue weighted by Gasteiger charge is -2.36. The molecular formula is C24H32ClN5O. The predicted molar refractivity (Wildman–Crippen MR) is 124 cm³/mol. The molecule has 4 rings (SSSR count). The first-order valence-corrected chi connectivity index (χ1v) is 11.6. The number of likely N-dealkylation sites (tertiary alicyclic amines) is 1. The third kappa shape index (κ3) is 5.01. The van der Waals surface area contributed by atoms with Gasteiger partial charge in [0.25, 0.3) is 0 Å². The zero-order valence-electron chi connectivity index (χ0n) is 18.8. The van der Waals surface area contributed by atoms with Crippen LogP contribution < -0.4 is 4.90 Å². The van der Waals surface area contributed by atoms with Crippen LogP contribution in [0.25, 0.3) is 0 Å². The van der Waals surface area contributed by atoms with Crippen molar-refractivity contribution in [3.05, 3.63) is 51.9 Å². The van der Waals surface area contributed by atoms with Gasteiger partial charge in [-0.1, -0.05) is 23.7 Å². The average Bonchev–Trinajstić information content (AvgIpc) is 2.76. The molecule has 0 N–H and O–H groups in total. The second-order valence-corrected chi connectivity index (χ2v) is 9.38. The number of aryl methyl sites for hydroxylation is 1. The standard InChI is InChI=1S/C24H32ClN5O/c1-28(2)24-19-16-29(3)14-12-20(19)26-23(27-24)21-9-4-5-13-30(21)22(31)11-10-17-7-6-8-18(25)15-17/h6-8,15,21H,4-5,9-14,16H2,1-3H3/t21-/m0/s1. The van der Waals surface area contributed by atoms with Crippen LogP contribution in [0.1, 0.15) is 54.4 Å². The SMILES string of the molecule is CN1CCc2nc([C@@H]3CCCCN3C(=O)CCc3cccc(Cl)c3)nc(N(C)C)c2C1. The minimum Gasteiger partial charge on any atom is -0.362 e. The fourth-order valence-corrected chi connectivity index (χ4v) is 4.87. The molecule has 31 heavy (non-hydrogen) atoms. The van der Waals surface area contributed by atoms with Gasteiger partial charge in [-0.05, 0) is 50.4 Å². The van der Waals surface area contributed by atoms with Crippen LogP contribution in [0.15, 0.2) is 24.3 Å². The number of aromatic nitrogens is 2. The van der Waals surface area contributed by atoms with Crippen molar-refractivity contribution in [3.63, 3.8) is 0 Å². The number of amides is 1. The molecule has 7 heteroatoms. The van der Waals surface area contributed by atoms with E-state index in [2.05, 4.69) is 16.8 Å². The van der Waals surface area contributed by atoms with Gasteiger partial charge in [-0.2, -0.15) is 0 Å². The Morgan fingerprint density at radius 3 is 2.84 bits per heavy atom. The van der Waals surface area contributed by atoms with E-state index in [4.69, 9.17) is 21.6 Å². The van der Waals surface area contributed by atoms with E-state index in [9.17, 15) is 4.79 Å². The third-order valence-corrected chi connectivity index (χ3v) is 6.54. The van der Waals surface area contributed by atoms with Crippen molar-refractivity contribution < 1.29 is 4.79 Å². The molecule has 166 valence electrons. The van der Waals surface area contributed by atoms with E-state index in [1.807, 2.05) is 43.3 Å². The number of carbonyl (C=O) groups is 1. The van der Waals surface area contributed by atoms with Crippen LogP contribution in [-0.2, 0) is 24.2 Å². The van der Waals surface area contributed by atoms with E-state index in [0.717, 1.165) is 68.2 Å². The fourth-order valence-electron chi connectivity index (χ4n) is 4.66. The zero-order chi connectivity index (χ0) is 22.0. The second-order valence-electron chi connectivity index (χ2n) is 8.94. The average molecular weight is 442 g/mol. The van der Waals surface area contributed by atoms with Crippen LogP contribution >= 0.6 is 11.6 Å². The Balaban J connectivity index is 1.57. The van der Waals surface area contributed by atoms with Gasteiger partial charge in [-0.15, -0.1) is 0 Å². The van der Waals surface area contributed by atoms with Crippen molar-refractivity contribution in [2.24, 2.45) is 0 Å². The monoisotopic (exact) mass is 441 g/mol. The normalized spacial score (nSPS) is 19.2. The molecule has 2 aliphatic heterocycles. The Kier molecular flexibility index (Phi) is 6.77. The van der Waals surface area contributed by atoms with Crippen LogP contribution in [0.2, 0.25) is 5.02 Å². The Morgan fingerprint density at radius 1 is 1.23 bits per heavy atom. The summed E-state index contributed by atoms with van der Waals surface area (Å²) in [4.78, 5) is 29.6. The van der Waals surface area contributed by atoms with E-state index in [0.29, 0.717) is 17.9 Å². The number of nitrogens with zero attached hydrogens (tertiary/aromatic N) is 5. The molecular weight excluding hydrogens is 410 g/mol. The van der Waals surface area contributed by atoms with Gasteiger partial charge in [-0.25, -0.2) is 9.97 Å². The number of anilines is 1. The molecule has 3 heterocycles. The minimum absolute atomic E-state index is 0.0377. The Hall–Kier alpha value is -2.18. The Bertz CT molecular complexity index is 948. The molecule has 2 aromatic rings. The summed E-state index contributed by atoms with van der Waals surface area (Å²) in [5.41, 5.74) is 3.46.